The van der Waals surface area contributed by atoms with Gasteiger partial charge in [-0.05, 0) is 24.5 Å². The molecular weight excluding hydrogens is 334 g/mol. The van der Waals surface area contributed by atoms with E-state index in [1.54, 1.807) is 14.2 Å². The van der Waals surface area contributed by atoms with Crippen LogP contribution in [0, 0.1) is 0 Å². The molecule has 0 aliphatic heterocycles. The van der Waals surface area contributed by atoms with E-state index in [9.17, 15) is 0 Å². The Morgan fingerprint density at radius 2 is 1.52 bits per heavy atom. The van der Waals surface area contributed by atoms with Crippen molar-refractivity contribution in [1.29, 1.82) is 0 Å². The van der Waals surface area contributed by atoms with Gasteiger partial charge in [-0.1, -0.05) is 69.2 Å². The zero-order valence-electron chi connectivity index (χ0n) is 17.2. The Labute approximate surface area is 164 Å². The minimum atomic E-state index is 0.858. The molecular formula is C24H33NO2. The summed E-state index contributed by atoms with van der Waals surface area (Å²) >= 11 is 0. The maximum atomic E-state index is 5.86. The lowest BCUT2D eigenvalue weighted by Crippen LogP contribution is -2.26. The summed E-state index contributed by atoms with van der Waals surface area (Å²) in [6.07, 6.45) is 8.91. The first-order valence-electron chi connectivity index (χ1n) is 9.97. The monoisotopic (exact) mass is 367 g/mol. The third kappa shape index (κ3) is 6.06. The smallest absolute Gasteiger partial charge is 0.149 e. The molecule has 27 heavy (non-hydrogen) atoms. The zero-order chi connectivity index (χ0) is 19.5. The number of ether oxygens (including phenoxy) is 2. The molecule has 0 aliphatic carbocycles. The van der Waals surface area contributed by atoms with Crippen LogP contribution in [-0.4, -0.2) is 27.3 Å². The van der Waals surface area contributed by atoms with Gasteiger partial charge in [-0.15, -0.1) is 0 Å². The van der Waals surface area contributed by atoms with Gasteiger partial charge in [0.05, 0.1) is 19.9 Å². The highest BCUT2D eigenvalue weighted by Gasteiger charge is 2.16. The van der Waals surface area contributed by atoms with Crippen LogP contribution >= 0.6 is 0 Å². The first kappa shape index (κ1) is 20.9. The summed E-state index contributed by atoms with van der Waals surface area (Å²) in [4.78, 5) is 2.44. The summed E-state index contributed by atoms with van der Waals surface area (Å²) in [6.45, 7) is 6.52. The fraction of sp³-hybridized carbons (Fsp3) is 0.417. The lowest BCUT2D eigenvalue weighted by Gasteiger charge is -2.28. The summed E-state index contributed by atoms with van der Waals surface area (Å²) in [6, 6.07) is 14.5. The first-order chi connectivity index (χ1) is 13.2. The number of rotatable bonds is 11. The summed E-state index contributed by atoms with van der Waals surface area (Å²) < 4.78 is 11.4. The van der Waals surface area contributed by atoms with Crippen molar-refractivity contribution >= 4 is 17.8 Å². The molecule has 146 valence electrons. The fourth-order valence-electron chi connectivity index (χ4n) is 3.11. The van der Waals surface area contributed by atoms with Gasteiger partial charge >= 0.3 is 0 Å². The summed E-state index contributed by atoms with van der Waals surface area (Å²) in [5.41, 5.74) is 3.32. The Bertz CT molecular complexity index is 702. The number of hydrogen-bond donors (Lipinski definition) is 0. The van der Waals surface area contributed by atoms with E-state index in [4.69, 9.17) is 9.47 Å². The summed E-state index contributed by atoms with van der Waals surface area (Å²) in [7, 11) is 3.47. The van der Waals surface area contributed by atoms with Crippen molar-refractivity contribution in [1.82, 2.24) is 0 Å². The van der Waals surface area contributed by atoms with Gasteiger partial charge in [0.25, 0.3) is 0 Å². The second-order valence-electron chi connectivity index (χ2n) is 6.71. The summed E-state index contributed by atoms with van der Waals surface area (Å²) in [5.74, 6) is 1.77. The van der Waals surface area contributed by atoms with Crippen molar-refractivity contribution in [3.05, 3.63) is 53.6 Å². The molecule has 0 heterocycles. The third-order valence-corrected chi connectivity index (χ3v) is 4.67. The maximum absolute atomic E-state index is 5.86. The predicted octanol–water partition coefficient (Wildman–Crippen LogP) is 6.28. The van der Waals surface area contributed by atoms with Crippen LogP contribution in [0.4, 0.5) is 5.69 Å². The molecule has 0 radical (unpaired) electrons. The Balaban J connectivity index is 2.44. The van der Waals surface area contributed by atoms with Gasteiger partial charge in [-0.2, -0.15) is 0 Å². The predicted molar refractivity (Wildman–Crippen MR) is 117 cm³/mol. The van der Waals surface area contributed by atoms with Gasteiger partial charge in [0.15, 0.2) is 0 Å². The van der Waals surface area contributed by atoms with E-state index >= 15 is 0 Å². The number of nitrogens with zero attached hydrogens (tertiary/aromatic N) is 1. The topological polar surface area (TPSA) is 21.7 Å². The first-order valence-corrected chi connectivity index (χ1v) is 9.97. The molecule has 0 bridgehead atoms. The zero-order valence-corrected chi connectivity index (χ0v) is 17.2. The van der Waals surface area contributed by atoms with Crippen LogP contribution in [0.5, 0.6) is 11.5 Å². The molecule has 0 saturated carbocycles. The number of unbranched alkanes of at least 4 members (excludes halogenated alkanes) is 2. The van der Waals surface area contributed by atoms with Crippen molar-refractivity contribution < 1.29 is 9.47 Å². The number of methoxy groups -OCH3 is 2. The van der Waals surface area contributed by atoms with E-state index in [1.807, 2.05) is 24.3 Å². The van der Waals surface area contributed by atoms with E-state index in [1.165, 1.54) is 25.7 Å². The van der Waals surface area contributed by atoms with Gasteiger partial charge in [0.1, 0.15) is 11.5 Å². The number of anilines is 1. The summed E-state index contributed by atoms with van der Waals surface area (Å²) in [5, 5.41) is 0. The van der Waals surface area contributed by atoms with Crippen LogP contribution < -0.4 is 14.4 Å². The van der Waals surface area contributed by atoms with Crippen molar-refractivity contribution in [2.75, 3.05) is 32.2 Å². The SMILES string of the molecule is CCCCN(CCCC)c1cc(OC)cc(C=Cc2ccccc2)c1OC. The maximum Gasteiger partial charge on any atom is 0.149 e. The van der Waals surface area contributed by atoms with Crippen molar-refractivity contribution in [3.8, 4) is 11.5 Å². The second-order valence-corrected chi connectivity index (χ2v) is 6.71. The lowest BCUT2D eigenvalue weighted by molar-refractivity contribution is 0.401. The highest BCUT2D eigenvalue weighted by molar-refractivity contribution is 5.79. The van der Waals surface area contributed by atoms with Crippen LogP contribution in [0.1, 0.15) is 50.7 Å². The Hall–Kier alpha value is -2.42. The highest BCUT2D eigenvalue weighted by atomic mass is 16.5. The quantitative estimate of drug-likeness (QED) is 0.436. The molecule has 2 aromatic rings. The van der Waals surface area contributed by atoms with Crippen LogP contribution in [0.2, 0.25) is 0 Å². The van der Waals surface area contributed by atoms with E-state index in [0.29, 0.717) is 0 Å². The third-order valence-electron chi connectivity index (χ3n) is 4.67. The van der Waals surface area contributed by atoms with E-state index in [-0.39, 0.29) is 0 Å². The largest absolute Gasteiger partial charge is 0.497 e. The van der Waals surface area contributed by atoms with Gasteiger partial charge < -0.3 is 14.4 Å². The molecule has 0 saturated heterocycles. The lowest BCUT2D eigenvalue weighted by atomic mass is 10.1. The molecule has 2 aromatic carbocycles. The molecule has 0 aromatic heterocycles. The average molecular weight is 368 g/mol. The number of hydrogen-bond acceptors (Lipinski definition) is 3. The minimum absolute atomic E-state index is 0.858. The van der Waals surface area contributed by atoms with Gasteiger partial charge in [-0.3, -0.25) is 0 Å². The van der Waals surface area contributed by atoms with Crippen LogP contribution in [0.25, 0.3) is 12.2 Å². The molecule has 0 aliphatic rings. The molecule has 0 spiro atoms. The normalized spacial score (nSPS) is 11.0. The molecule has 0 N–H and O–H groups in total. The van der Waals surface area contributed by atoms with Gasteiger partial charge in [-0.25, -0.2) is 0 Å². The Morgan fingerprint density at radius 1 is 0.852 bits per heavy atom. The van der Waals surface area contributed by atoms with Crippen molar-refractivity contribution in [2.45, 2.75) is 39.5 Å². The Kier molecular flexibility index (Phi) is 8.76. The second kappa shape index (κ2) is 11.3. The molecule has 2 rings (SSSR count). The Morgan fingerprint density at radius 3 is 2.07 bits per heavy atom. The van der Waals surface area contributed by atoms with Gasteiger partial charge in [0.2, 0.25) is 0 Å². The van der Waals surface area contributed by atoms with E-state index in [0.717, 1.165) is 41.4 Å². The number of benzene rings is 2. The van der Waals surface area contributed by atoms with Crippen LogP contribution in [0.3, 0.4) is 0 Å². The minimum Gasteiger partial charge on any atom is -0.497 e. The van der Waals surface area contributed by atoms with Gasteiger partial charge in [0, 0.05) is 24.7 Å². The standard InChI is InChI=1S/C24H33NO2/c1-5-7-16-25(17-8-6-2)23-19-22(26-3)18-21(24(23)27-4)15-14-20-12-10-9-11-13-20/h9-15,18-19H,5-8,16-17H2,1-4H3. The molecule has 0 atom stereocenters. The van der Waals surface area contributed by atoms with Crippen molar-refractivity contribution in [3.63, 3.8) is 0 Å². The van der Waals surface area contributed by atoms with Crippen LogP contribution in [-0.2, 0) is 0 Å². The molecule has 3 heteroatoms. The van der Waals surface area contributed by atoms with Crippen molar-refractivity contribution in [2.24, 2.45) is 0 Å². The fourth-order valence-corrected chi connectivity index (χ4v) is 3.11. The molecule has 0 unspecified atom stereocenters. The average Bonchev–Trinajstić information content (AvgIpc) is 2.72. The highest BCUT2D eigenvalue weighted by Crippen LogP contribution is 2.38. The van der Waals surface area contributed by atoms with Crippen LogP contribution in [0.15, 0.2) is 42.5 Å². The van der Waals surface area contributed by atoms with E-state index < -0.39 is 0 Å². The molecule has 0 amide bonds. The molecule has 3 nitrogen and oxygen atoms in total. The van der Waals surface area contributed by atoms with E-state index in [2.05, 4.69) is 49.1 Å². The molecule has 0 fully saturated rings.